The first kappa shape index (κ1) is 20.2. The molecule has 0 aliphatic rings. The van der Waals surface area contributed by atoms with Gasteiger partial charge in [-0.2, -0.15) is 5.10 Å². The third-order valence-electron chi connectivity index (χ3n) is 3.91. The predicted molar refractivity (Wildman–Crippen MR) is 108 cm³/mol. The molecule has 0 aliphatic heterocycles. The lowest BCUT2D eigenvalue weighted by molar-refractivity contribution is -0.384. The van der Waals surface area contributed by atoms with Gasteiger partial charge in [-0.3, -0.25) is 14.9 Å². The number of ether oxygens (including phenoxy) is 1. The Morgan fingerprint density at radius 3 is 2.47 bits per heavy atom. The van der Waals surface area contributed by atoms with E-state index in [9.17, 15) is 24.8 Å². The molecule has 0 atom stereocenters. The molecule has 0 aliphatic carbocycles. The van der Waals surface area contributed by atoms with Crippen molar-refractivity contribution >= 4 is 23.8 Å². The Balaban J connectivity index is 1.63. The van der Waals surface area contributed by atoms with E-state index >= 15 is 0 Å². The summed E-state index contributed by atoms with van der Waals surface area (Å²) in [5, 5.41) is 24.2. The van der Waals surface area contributed by atoms with Gasteiger partial charge in [0.25, 0.3) is 11.6 Å². The van der Waals surface area contributed by atoms with E-state index in [1.807, 2.05) is 0 Å². The van der Waals surface area contributed by atoms with E-state index in [1.165, 1.54) is 48.7 Å². The van der Waals surface area contributed by atoms with E-state index in [-0.39, 0.29) is 28.3 Å². The van der Waals surface area contributed by atoms with Crippen LogP contribution in [0.4, 0.5) is 5.69 Å². The second-order valence-electron chi connectivity index (χ2n) is 5.98. The van der Waals surface area contributed by atoms with Crippen LogP contribution in [0.3, 0.4) is 0 Å². The molecule has 0 bridgehead atoms. The topological polar surface area (TPSA) is 131 Å². The zero-order chi connectivity index (χ0) is 21.5. The standard InChI is InChI=1S/C21H15N3O6/c25-19-7-2-1-6-18(19)20(26)23-22-13-14-4-3-5-17(12-14)30-21(27)15-8-10-16(11-9-15)24(28)29/h1-13,25H,(H,23,26)/b22-13+. The van der Waals surface area contributed by atoms with Gasteiger partial charge in [0.05, 0.1) is 22.3 Å². The number of aromatic hydroxyl groups is 1. The maximum atomic E-state index is 12.2. The molecule has 0 saturated carbocycles. The van der Waals surface area contributed by atoms with Crippen LogP contribution in [-0.2, 0) is 0 Å². The van der Waals surface area contributed by atoms with Crippen LogP contribution in [-0.4, -0.2) is 28.1 Å². The van der Waals surface area contributed by atoms with Gasteiger partial charge in [0.2, 0.25) is 0 Å². The number of carbonyl (C=O) groups excluding carboxylic acids is 2. The third kappa shape index (κ3) is 5.04. The van der Waals surface area contributed by atoms with Crippen molar-refractivity contribution in [2.75, 3.05) is 0 Å². The number of nitrogens with zero attached hydrogens (tertiary/aromatic N) is 2. The summed E-state index contributed by atoms with van der Waals surface area (Å²) in [4.78, 5) is 34.3. The zero-order valence-electron chi connectivity index (χ0n) is 15.4. The van der Waals surface area contributed by atoms with Gasteiger partial charge in [-0.1, -0.05) is 24.3 Å². The Morgan fingerprint density at radius 1 is 1.03 bits per heavy atom. The average molecular weight is 405 g/mol. The van der Waals surface area contributed by atoms with Crippen LogP contribution < -0.4 is 10.2 Å². The number of benzene rings is 3. The number of nitro benzene ring substituents is 1. The SMILES string of the molecule is O=C(Oc1cccc(/C=N/NC(=O)c2ccccc2O)c1)c1ccc([N+](=O)[O-])cc1. The summed E-state index contributed by atoms with van der Waals surface area (Å²) >= 11 is 0. The van der Waals surface area contributed by atoms with E-state index < -0.39 is 16.8 Å². The lowest BCUT2D eigenvalue weighted by atomic mass is 10.2. The van der Waals surface area contributed by atoms with Gasteiger partial charge in [-0.15, -0.1) is 0 Å². The molecule has 150 valence electrons. The van der Waals surface area contributed by atoms with Gasteiger partial charge >= 0.3 is 5.97 Å². The Hall–Kier alpha value is -4.53. The normalized spacial score (nSPS) is 10.5. The van der Waals surface area contributed by atoms with E-state index in [2.05, 4.69) is 10.5 Å². The Morgan fingerprint density at radius 2 is 1.77 bits per heavy atom. The average Bonchev–Trinajstić information content (AvgIpc) is 2.74. The monoisotopic (exact) mass is 405 g/mol. The van der Waals surface area contributed by atoms with E-state index in [0.717, 1.165) is 0 Å². The second kappa shape index (κ2) is 9.11. The van der Waals surface area contributed by atoms with Gasteiger partial charge < -0.3 is 9.84 Å². The molecule has 9 heteroatoms. The van der Waals surface area contributed by atoms with Crippen molar-refractivity contribution in [1.29, 1.82) is 0 Å². The minimum absolute atomic E-state index is 0.0837. The van der Waals surface area contributed by atoms with Gasteiger partial charge in [0, 0.05) is 12.1 Å². The Labute approximate surface area is 170 Å². The van der Waals surface area contributed by atoms with Crippen molar-refractivity contribution in [2.24, 2.45) is 5.10 Å². The van der Waals surface area contributed by atoms with Crippen LogP contribution >= 0.6 is 0 Å². The maximum Gasteiger partial charge on any atom is 0.343 e. The number of nitro groups is 1. The van der Waals surface area contributed by atoms with Crippen LogP contribution in [0.15, 0.2) is 77.9 Å². The molecule has 1 amide bonds. The number of hydrazone groups is 1. The molecule has 0 saturated heterocycles. The quantitative estimate of drug-likeness (QED) is 0.213. The van der Waals surface area contributed by atoms with Crippen LogP contribution in [0.2, 0.25) is 0 Å². The van der Waals surface area contributed by atoms with Crippen LogP contribution in [0.1, 0.15) is 26.3 Å². The molecule has 9 nitrogen and oxygen atoms in total. The molecule has 0 aromatic heterocycles. The highest BCUT2D eigenvalue weighted by atomic mass is 16.6. The molecule has 30 heavy (non-hydrogen) atoms. The molecule has 0 unspecified atom stereocenters. The maximum absolute atomic E-state index is 12.2. The van der Waals surface area contributed by atoms with Crippen molar-refractivity contribution in [3.05, 3.63) is 99.6 Å². The van der Waals surface area contributed by atoms with E-state index in [0.29, 0.717) is 5.56 Å². The molecule has 0 heterocycles. The number of rotatable bonds is 6. The van der Waals surface area contributed by atoms with Gasteiger partial charge in [-0.25, -0.2) is 10.2 Å². The van der Waals surface area contributed by atoms with Gasteiger partial charge in [0.15, 0.2) is 0 Å². The van der Waals surface area contributed by atoms with Crippen molar-refractivity contribution in [2.45, 2.75) is 0 Å². The number of para-hydroxylation sites is 1. The van der Waals surface area contributed by atoms with E-state index in [1.54, 1.807) is 30.3 Å². The number of phenols is 1. The van der Waals surface area contributed by atoms with Crippen LogP contribution in [0, 0.1) is 10.1 Å². The highest BCUT2D eigenvalue weighted by Crippen LogP contribution is 2.17. The smallest absolute Gasteiger partial charge is 0.343 e. The molecular weight excluding hydrogens is 390 g/mol. The van der Waals surface area contributed by atoms with Crippen molar-refractivity contribution in [3.8, 4) is 11.5 Å². The molecule has 2 N–H and O–H groups in total. The molecule has 3 aromatic carbocycles. The number of phenolic OH excluding ortho intramolecular Hbond substituents is 1. The Kier molecular flexibility index (Phi) is 6.14. The zero-order valence-corrected chi connectivity index (χ0v) is 15.4. The molecule has 3 rings (SSSR count). The van der Waals surface area contributed by atoms with Crippen LogP contribution in [0.25, 0.3) is 0 Å². The number of amides is 1. The summed E-state index contributed by atoms with van der Waals surface area (Å²) < 4.78 is 5.26. The predicted octanol–water partition coefficient (Wildman–Crippen LogP) is 3.28. The van der Waals surface area contributed by atoms with Crippen molar-refractivity contribution in [3.63, 3.8) is 0 Å². The fourth-order valence-corrected chi connectivity index (χ4v) is 2.43. The number of nitrogens with one attached hydrogen (secondary N) is 1. The van der Waals surface area contributed by atoms with E-state index in [4.69, 9.17) is 4.74 Å². The summed E-state index contributed by atoms with van der Waals surface area (Å²) in [6.45, 7) is 0. The fraction of sp³-hybridized carbons (Fsp3) is 0. The highest BCUT2D eigenvalue weighted by molar-refractivity contribution is 5.97. The number of non-ortho nitro benzene ring substituents is 1. The van der Waals surface area contributed by atoms with Crippen molar-refractivity contribution in [1.82, 2.24) is 5.43 Å². The highest BCUT2D eigenvalue weighted by Gasteiger charge is 2.12. The fourth-order valence-electron chi connectivity index (χ4n) is 2.43. The number of hydrogen-bond donors (Lipinski definition) is 2. The Bertz CT molecular complexity index is 1130. The summed E-state index contributed by atoms with van der Waals surface area (Å²) in [6.07, 6.45) is 1.35. The molecule has 0 radical (unpaired) electrons. The second-order valence-corrected chi connectivity index (χ2v) is 5.98. The molecule has 3 aromatic rings. The van der Waals surface area contributed by atoms with Crippen molar-refractivity contribution < 1.29 is 24.4 Å². The minimum Gasteiger partial charge on any atom is -0.507 e. The summed E-state index contributed by atoms with van der Waals surface area (Å²) in [5.41, 5.74) is 2.96. The third-order valence-corrected chi connectivity index (χ3v) is 3.91. The largest absolute Gasteiger partial charge is 0.507 e. The first-order valence-corrected chi connectivity index (χ1v) is 8.62. The van der Waals surface area contributed by atoms with Gasteiger partial charge in [-0.05, 0) is 42.0 Å². The lowest BCUT2D eigenvalue weighted by Gasteiger charge is -2.05. The minimum atomic E-state index is -0.674. The van der Waals surface area contributed by atoms with Crippen LogP contribution in [0.5, 0.6) is 11.5 Å². The number of carbonyl (C=O) groups is 2. The summed E-state index contributed by atoms with van der Waals surface area (Å²) in [7, 11) is 0. The lowest BCUT2D eigenvalue weighted by Crippen LogP contribution is -2.17. The summed E-state index contributed by atoms with van der Waals surface area (Å²) in [5.74, 6) is -1.18. The molecular formula is C21H15N3O6. The molecule has 0 fully saturated rings. The molecule has 0 spiro atoms. The van der Waals surface area contributed by atoms with Gasteiger partial charge in [0.1, 0.15) is 11.5 Å². The number of hydrogen-bond acceptors (Lipinski definition) is 7. The summed E-state index contributed by atoms with van der Waals surface area (Å²) in [6, 6.07) is 17.5. The number of esters is 1. The first-order chi connectivity index (χ1) is 14.4. The first-order valence-electron chi connectivity index (χ1n) is 8.62.